The molecule has 0 radical (unpaired) electrons. The van der Waals surface area contributed by atoms with Crippen molar-refractivity contribution in [3.8, 4) is 0 Å². The Morgan fingerprint density at radius 2 is 1.83 bits per heavy atom. The summed E-state index contributed by atoms with van der Waals surface area (Å²) in [4.78, 5) is 30.1. The molecule has 30 heavy (non-hydrogen) atoms. The van der Waals surface area contributed by atoms with Gasteiger partial charge in [0.15, 0.2) is 0 Å². The number of sulfonamides is 1. The predicted molar refractivity (Wildman–Crippen MR) is 115 cm³/mol. The third-order valence-electron chi connectivity index (χ3n) is 8.13. The van der Waals surface area contributed by atoms with Gasteiger partial charge in [-0.05, 0) is 51.9 Å². The van der Waals surface area contributed by atoms with Crippen molar-refractivity contribution in [2.75, 3.05) is 45.5 Å². The predicted octanol–water partition coefficient (Wildman–Crippen LogP) is 2.00. The number of nitrogens with zero attached hydrogens (tertiary/aromatic N) is 3. The lowest BCUT2D eigenvalue weighted by Crippen LogP contribution is -2.53. The summed E-state index contributed by atoms with van der Waals surface area (Å²) in [6, 6.07) is 0. The minimum atomic E-state index is -3.36. The van der Waals surface area contributed by atoms with E-state index in [2.05, 4.69) is 6.08 Å². The third-order valence-corrected chi connectivity index (χ3v) is 9.33. The number of rotatable bonds is 4. The van der Waals surface area contributed by atoms with Crippen LogP contribution in [0.5, 0.6) is 0 Å². The Bertz CT molecular complexity index is 844. The minimum absolute atomic E-state index is 0.114. The molecule has 2 spiro atoms. The summed E-state index contributed by atoms with van der Waals surface area (Å²) in [5.41, 5.74) is 0.266. The second-order valence-corrected chi connectivity index (χ2v) is 11.7. The Labute approximate surface area is 180 Å². The Hall–Kier alpha value is -1.41. The molecule has 8 heteroatoms. The van der Waals surface area contributed by atoms with Crippen LogP contribution in [0.15, 0.2) is 11.6 Å². The molecular formula is C22H35N3O4S. The molecule has 7 nitrogen and oxygen atoms in total. The minimum Gasteiger partial charge on any atom is -0.342 e. The fourth-order valence-corrected chi connectivity index (χ4v) is 7.15. The van der Waals surface area contributed by atoms with Gasteiger partial charge in [0.05, 0.1) is 11.7 Å². The van der Waals surface area contributed by atoms with Gasteiger partial charge in [-0.2, -0.15) is 0 Å². The van der Waals surface area contributed by atoms with Crippen LogP contribution >= 0.6 is 0 Å². The molecule has 0 bridgehead atoms. The number of allylic oxidation sites excluding steroid dienone is 1. The van der Waals surface area contributed by atoms with Crippen molar-refractivity contribution in [1.29, 1.82) is 0 Å². The van der Waals surface area contributed by atoms with E-state index in [1.165, 1.54) is 29.0 Å². The number of carbonyl (C=O) groups excluding carboxylic acids is 2. The van der Waals surface area contributed by atoms with E-state index >= 15 is 0 Å². The molecule has 0 saturated carbocycles. The van der Waals surface area contributed by atoms with Gasteiger partial charge in [-0.3, -0.25) is 9.59 Å². The molecule has 0 aromatic carbocycles. The van der Waals surface area contributed by atoms with Gasteiger partial charge in [-0.1, -0.05) is 11.6 Å². The summed E-state index contributed by atoms with van der Waals surface area (Å²) in [5, 5.41) is 0. The molecule has 2 amide bonds. The van der Waals surface area contributed by atoms with Gasteiger partial charge in [-0.25, -0.2) is 12.7 Å². The van der Waals surface area contributed by atoms with Crippen LogP contribution in [0.2, 0.25) is 0 Å². The number of carbonyl (C=O) groups is 2. The molecule has 168 valence electrons. The van der Waals surface area contributed by atoms with Crippen LogP contribution in [-0.4, -0.2) is 79.9 Å². The second kappa shape index (κ2) is 7.93. The van der Waals surface area contributed by atoms with Crippen LogP contribution < -0.4 is 0 Å². The van der Waals surface area contributed by atoms with Gasteiger partial charge in [0.25, 0.3) is 0 Å². The van der Waals surface area contributed by atoms with E-state index in [1.807, 2.05) is 16.7 Å². The first-order valence-corrected chi connectivity index (χ1v) is 13.3. The molecule has 3 fully saturated rings. The van der Waals surface area contributed by atoms with Gasteiger partial charge >= 0.3 is 0 Å². The largest absolute Gasteiger partial charge is 0.342 e. The summed E-state index contributed by atoms with van der Waals surface area (Å²) in [7, 11) is -3.36. The van der Waals surface area contributed by atoms with Crippen molar-refractivity contribution in [1.82, 2.24) is 14.1 Å². The molecule has 4 aliphatic rings. The van der Waals surface area contributed by atoms with E-state index < -0.39 is 15.4 Å². The van der Waals surface area contributed by atoms with Gasteiger partial charge < -0.3 is 9.80 Å². The summed E-state index contributed by atoms with van der Waals surface area (Å²) in [6.45, 7) is 5.27. The smallest absolute Gasteiger partial charge is 0.230 e. The lowest BCUT2D eigenvalue weighted by atomic mass is 9.60. The van der Waals surface area contributed by atoms with Crippen molar-refractivity contribution in [3.05, 3.63) is 11.6 Å². The van der Waals surface area contributed by atoms with E-state index in [4.69, 9.17) is 0 Å². The topological polar surface area (TPSA) is 78.0 Å². The quantitative estimate of drug-likeness (QED) is 0.630. The fraction of sp³-hybridized carbons (Fsp3) is 0.818. The third kappa shape index (κ3) is 3.60. The van der Waals surface area contributed by atoms with Gasteiger partial charge in [0.1, 0.15) is 0 Å². The second-order valence-electron chi connectivity index (χ2n) is 9.69. The highest BCUT2D eigenvalue weighted by atomic mass is 32.2. The first kappa shape index (κ1) is 21.8. The molecule has 3 heterocycles. The average molecular weight is 438 g/mol. The molecule has 0 N–H and O–H groups in total. The molecule has 1 unspecified atom stereocenters. The molecule has 0 aromatic heterocycles. The number of hydrogen-bond acceptors (Lipinski definition) is 4. The molecule has 3 aliphatic heterocycles. The zero-order valence-corrected chi connectivity index (χ0v) is 19.2. The van der Waals surface area contributed by atoms with Crippen molar-refractivity contribution in [2.45, 2.75) is 58.3 Å². The zero-order chi connectivity index (χ0) is 21.6. The Morgan fingerprint density at radius 3 is 2.40 bits per heavy atom. The number of hydrogen-bond donors (Lipinski definition) is 0. The summed E-state index contributed by atoms with van der Waals surface area (Å²) in [5.74, 6) is 0.293. The number of likely N-dealkylation sites (tertiary alicyclic amines) is 2. The maximum Gasteiger partial charge on any atom is 0.230 e. The van der Waals surface area contributed by atoms with Crippen LogP contribution in [-0.2, 0) is 19.6 Å². The van der Waals surface area contributed by atoms with Crippen LogP contribution in [0.4, 0.5) is 0 Å². The SMILES string of the molecule is CCN1CCC2(CN(S(C)(=O)=O)CC23CCN(C(=O)CC2=CCCCC2)CC3)C1=O. The molecular weight excluding hydrogens is 402 g/mol. The lowest BCUT2D eigenvalue weighted by molar-refractivity contribution is -0.143. The van der Waals surface area contributed by atoms with Crippen molar-refractivity contribution < 1.29 is 18.0 Å². The Balaban J connectivity index is 1.52. The van der Waals surface area contributed by atoms with Crippen LogP contribution in [0.1, 0.15) is 58.3 Å². The molecule has 1 atom stereocenters. The maximum absolute atomic E-state index is 13.4. The monoisotopic (exact) mass is 437 g/mol. The summed E-state index contributed by atoms with van der Waals surface area (Å²) in [6.07, 6.45) is 10.6. The standard InChI is InChI=1S/C22H35N3O4S/c1-3-23-14-11-22(20(23)27)17-25(30(2,28)29)16-21(22)9-12-24(13-10-21)19(26)15-18-7-5-4-6-8-18/h7H,3-6,8-17H2,1-2H3. The summed E-state index contributed by atoms with van der Waals surface area (Å²) >= 11 is 0. The average Bonchev–Trinajstić information content (AvgIpc) is 3.22. The van der Waals surface area contributed by atoms with Crippen molar-refractivity contribution >= 4 is 21.8 Å². The van der Waals surface area contributed by atoms with E-state index in [-0.39, 0.29) is 17.2 Å². The van der Waals surface area contributed by atoms with E-state index in [0.717, 1.165) is 12.8 Å². The first-order chi connectivity index (χ1) is 14.2. The highest BCUT2D eigenvalue weighted by molar-refractivity contribution is 7.88. The van der Waals surface area contributed by atoms with Crippen LogP contribution in [0, 0.1) is 10.8 Å². The lowest BCUT2D eigenvalue weighted by Gasteiger charge is -2.47. The highest BCUT2D eigenvalue weighted by Gasteiger charge is 2.66. The molecule has 1 aliphatic carbocycles. The number of amides is 2. The molecule has 3 saturated heterocycles. The Kier molecular flexibility index (Phi) is 5.77. The maximum atomic E-state index is 13.4. The van der Waals surface area contributed by atoms with Gasteiger partial charge in [-0.15, -0.1) is 0 Å². The Morgan fingerprint density at radius 1 is 1.10 bits per heavy atom. The summed E-state index contributed by atoms with van der Waals surface area (Å²) < 4.78 is 26.3. The van der Waals surface area contributed by atoms with E-state index in [0.29, 0.717) is 65.0 Å². The number of piperidine rings is 1. The van der Waals surface area contributed by atoms with Crippen LogP contribution in [0.25, 0.3) is 0 Å². The van der Waals surface area contributed by atoms with E-state index in [1.54, 1.807) is 0 Å². The molecule has 4 rings (SSSR count). The molecule has 0 aromatic rings. The number of fused-ring (bicyclic) bond motifs is 1. The first-order valence-electron chi connectivity index (χ1n) is 11.4. The van der Waals surface area contributed by atoms with Crippen molar-refractivity contribution in [3.63, 3.8) is 0 Å². The highest BCUT2D eigenvalue weighted by Crippen LogP contribution is 2.58. The normalized spacial score (nSPS) is 29.8. The van der Waals surface area contributed by atoms with Crippen molar-refractivity contribution in [2.24, 2.45) is 10.8 Å². The van der Waals surface area contributed by atoms with Crippen LogP contribution in [0.3, 0.4) is 0 Å². The van der Waals surface area contributed by atoms with Gasteiger partial charge in [0.2, 0.25) is 21.8 Å². The zero-order valence-electron chi connectivity index (χ0n) is 18.4. The van der Waals surface area contributed by atoms with E-state index in [9.17, 15) is 18.0 Å². The fourth-order valence-electron chi connectivity index (χ4n) is 6.22. The van der Waals surface area contributed by atoms with Gasteiger partial charge in [0, 0.05) is 51.1 Å².